The number of aliphatic carboxylic acids is 1. The molecule has 20 heavy (non-hydrogen) atoms. The Morgan fingerprint density at radius 3 is 2.75 bits per heavy atom. The van der Waals surface area contributed by atoms with Crippen molar-refractivity contribution in [3.63, 3.8) is 0 Å². The summed E-state index contributed by atoms with van der Waals surface area (Å²) in [6.07, 6.45) is 4.94. The fourth-order valence-corrected chi connectivity index (χ4v) is 2.75. The normalized spacial score (nSPS) is 17.0. The Bertz CT molecular complexity index is 613. The lowest BCUT2D eigenvalue weighted by Crippen LogP contribution is -2.39. The molecule has 0 bridgehead atoms. The van der Waals surface area contributed by atoms with E-state index in [1.807, 2.05) is 41.3 Å². The molecule has 1 atom stereocenters. The highest BCUT2D eigenvalue weighted by atomic mass is 16.4. The molecule has 0 saturated carbocycles. The van der Waals surface area contributed by atoms with Gasteiger partial charge in [0, 0.05) is 31.0 Å². The van der Waals surface area contributed by atoms with Crippen LogP contribution < -0.4 is 4.90 Å². The van der Waals surface area contributed by atoms with Gasteiger partial charge in [0.2, 0.25) is 0 Å². The third-order valence-electron chi connectivity index (χ3n) is 3.77. The SMILES string of the molecule is O=C(O)C1Cc2ccccc2N1CCc1ccncc1. The third-order valence-corrected chi connectivity index (χ3v) is 3.77. The number of rotatable bonds is 4. The first-order valence-electron chi connectivity index (χ1n) is 6.72. The second-order valence-corrected chi connectivity index (χ2v) is 4.99. The van der Waals surface area contributed by atoms with Crippen molar-refractivity contribution in [2.75, 3.05) is 11.4 Å². The molecular weight excluding hydrogens is 252 g/mol. The molecule has 1 N–H and O–H groups in total. The number of carboxylic acids is 1. The van der Waals surface area contributed by atoms with Crippen molar-refractivity contribution in [2.45, 2.75) is 18.9 Å². The van der Waals surface area contributed by atoms with Gasteiger partial charge in [-0.3, -0.25) is 4.98 Å². The van der Waals surface area contributed by atoms with Crippen LogP contribution in [0.3, 0.4) is 0 Å². The van der Waals surface area contributed by atoms with Crippen LogP contribution >= 0.6 is 0 Å². The number of benzene rings is 1. The number of hydrogen-bond acceptors (Lipinski definition) is 3. The van der Waals surface area contributed by atoms with E-state index in [2.05, 4.69) is 4.98 Å². The van der Waals surface area contributed by atoms with Crippen molar-refractivity contribution in [1.82, 2.24) is 4.98 Å². The summed E-state index contributed by atoms with van der Waals surface area (Å²) < 4.78 is 0. The average molecular weight is 268 g/mol. The van der Waals surface area contributed by atoms with Gasteiger partial charge in [-0.15, -0.1) is 0 Å². The van der Waals surface area contributed by atoms with Crippen molar-refractivity contribution in [3.8, 4) is 0 Å². The first-order valence-corrected chi connectivity index (χ1v) is 6.72. The Morgan fingerprint density at radius 1 is 1.25 bits per heavy atom. The fourth-order valence-electron chi connectivity index (χ4n) is 2.75. The highest BCUT2D eigenvalue weighted by molar-refractivity contribution is 5.82. The number of anilines is 1. The van der Waals surface area contributed by atoms with Crippen molar-refractivity contribution in [3.05, 3.63) is 59.9 Å². The number of para-hydroxylation sites is 1. The maximum absolute atomic E-state index is 11.4. The van der Waals surface area contributed by atoms with Crippen LogP contribution in [0.25, 0.3) is 0 Å². The van der Waals surface area contributed by atoms with Crippen LogP contribution in [-0.2, 0) is 17.6 Å². The van der Waals surface area contributed by atoms with Gasteiger partial charge in [-0.1, -0.05) is 18.2 Å². The van der Waals surface area contributed by atoms with E-state index >= 15 is 0 Å². The summed E-state index contributed by atoms with van der Waals surface area (Å²) in [7, 11) is 0. The minimum absolute atomic E-state index is 0.450. The number of pyridine rings is 1. The quantitative estimate of drug-likeness (QED) is 0.923. The number of carboxylic acid groups (broad SMARTS) is 1. The molecule has 1 aromatic heterocycles. The van der Waals surface area contributed by atoms with Gasteiger partial charge >= 0.3 is 5.97 Å². The molecule has 0 fully saturated rings. The minimum Gasteiger partial charge on any atom is -0.480 e. The number of carbonyl (C=O) groups is 1. The van der Waals surface area contributed by atoms with Gasteiger partial charge in [-0.25, -0.2) is 4.79 Å². The Kier molecular flexibility index (Phi) is 3.37. The van der Waals surface area contributed by atoms with Gasteiger partial charge in [0.05, 0.1) is 0 Å². The van der Waals surface area contributed by atoms with Crippen molar-refractivity contribution < 1.29 is 9.90 Å². The highest BCUT2D eigenvalue weighted by Gasteiger charge is 2.33. The summed E-state index contributed by atoms with van der Waals surface area (Å²) in [5.41, 5.74) is 3.34. The number of hydrogen-bond donors (Lipinski definition) is 1. The largest absolute Gasteiger partial charge is 0.480 e. The molecule has 3 rings (SSSR count). The van der Waals surface area contributed by atoms with Crippen LogP contribution in [0.15, 0.2) is 48.8 Å². The number of aromatic nitrogens is 1. The molecule has 2 aromatic rings. The molecule has 0 radical (unpaired) electrons. The standard InChI is InChI=1S/C16H16N2O2/c19-16(20)15-11-13-3-1-2-4-14(13)18(15)10-7-12-5-8-17-9-6-12/h1-6,8-9,15H,7,10-11H2,(H,19,20). The molecular formula is C16H16N2O2. The summed E-state index contributed by atoms with van der Waals surface area (Å²) in [4.78, 5) is 17.4. The van der Waals surface area contributed by atoms with Gasteiger partial charge in [0.25, 0.3) is 0 Å². The number of nitrogens with zero attached hydrogens (tertiary/aromatic N) is 2. The van der Waals surface area contributed by atoms with Gasteiger partial charge in [0.1, 0.15) is 6.04 Å². The molecule has 4 heteroatoms. The maximum atomic E-state index is 11.4. The van der Waals surface area contributed by atoms with E-state index in [-0.39, 0.29) is 0 Å². The molecule has 0 saturated heterocycles. The summed E-state index contributed by atoms with van der Waals surface area (Å²) in [6, 6.07) is 11.4. The summed E-state index contributed by atoms with van der Waals surface area (Å²) in [5.74, 6) is -0.754. The summed E-state index contributed by atoms with van der Waals surface area (Å²) >= 11 is 0. The second kappa shape index (κ2) is 5.33. The molecule has 4 nitrogen and oxygen atoms in total. The van der Waals surface area contributed by atoms with Crippen LogP contribution in [-0.4, -0.2) is 28.6 Å². The van der Waals surface area contributed by atoms with Gasteiger partial charge < -0.3 is 10.0 Å². The predicted octanol–water partition coefficient (Wildman–Crippen LogP) is 2.14. The van der Waals surface area contributed by atoms with E-state index < -0.39 is 12.0 Å². The molecule has 0 aliphatic carbocycles. The van der Waals surface area contributed by atoms with Gasteiger partial charge in [-0.05, 0) is 35.7 Å². The van der Waals surface area contributed by atoms with Crippen LogP contribution in [0.2, 0.25) is 0 Å². The molecule has 1 aromatic carbocycles. The van der Waals surface area contributed by atoms with Crippen LogP contribution in [0.1, 0.15) is 11.1 Å². The van der Waals surface area contributed by atoms with Gasteiger partial charge in [-0.2, -0.15) is 0 Å². The molecule has 1 unspecified atom stereocenters. The minimum atomic E-state index is -0.754. The zero-order valence-corrected chi connectivity index (χ0v) is 11.1. The van der Waals surface area contributed by atoms with E-state index in [9.17, 15) is 9.90 Å². The highest BCUT2D eigenvalue weighted by Crippen LogP contribution is 2.32. The smallest absolute Gasteiger partial charge is 0.326 e. The first kappa shape index (κ1) is 12.7. The second-order valence-electron chi connectivity index (χ2n) is 4.99. The molecule has 1 aliphatic heterocycles. The Morgan fingerprint density at radius 2 is 2.00 bits per heavy atom. The van der Waals surface area contributed by atoms with Crippen molar-refractivity contribution in [2.24, 2.45) is 0 Å². The molecule has 102 valence electrons. The van der Waals surface area contributed by atoms with Gasteiger partial charge in [0.15, 0.2) is 0 Å². The Balaban J connectivity index is 1.80. The zero-order chi connectivity index (χ0) is 13.9. The van der Waals surface area contributed by atoms with Crippen molar-refractivity contribution >= 4 is 11.7 Å². The topological polar surface area (TPSA) is 53.4 Å². The monoisotopic (exact) mass is 268 g/mol. The van der Waals surface area contributed by atoms with E-state index in [4.69, 9.17) is 0 Å². The Labute approximate surface area is 117 Å². The van der Waals surface area contributed by atoms with Crippen LogP contribution in [0.5, 0.6) is 0 Å². The molecule has 0 spiro atoms. The maximum Gasteiger partial charge on any atom is 0.326 e. The lowest BCUT2D eigenvalue weighted by atomic mass is 10.1. The van der Waals surface area contributed by atoms with E-state index in [1.165, 1.54) is 5.56 Å². The number of fused-ring (bicyclic) bond motifs is 1. The third kappa shape index (κ3) is 2.37. The van der Waals surface area contributed by atoms with E-state index in [0.717, 1.165) is 17.7 Å². The molecule has 1 aliphatic rings. The summed E-state index contributed by atoms with van der Waals surface area (Å²) in [6.45, 7) is 0.706. The lowest BCUT2D eigenvalue weighted by Gasteiger charge is -2.24. The van der Waals surface area contributed by atoms with Crippen LogP contribution in [0, 0.1) is 0 Å². The Hall–Kier alpha value is -2.36. The lowest BCUT2D eigenvalue weighted by molar-refractivity contribution is -0.138. The summed E-state index contributed by atoms with van der Waals surface area (Å²) in [5, 5.41) is 9.40. The molecule has 2 heterocycles. The van der Waals surface area contributed by atoms with E-state index in [1.54, 1.807) is 12.4 Å². The van der Waals surface area contributed by atoms with Crippen LogP contribution in [0.4, 0.5) is 5.69 Å². The van der Waals surface area contributed by atoms with E-state index in [0.29, 0.717) is 13.0 Å². The van der Waals surface area contributed by atoms with Crippen molar-refractivity contribution in [1.29, 1.82) is 0 Å². The fraction of sp³-hybridized carbons (Fsp3) is 0.250. The zero-order valence-electron chi connectivity index (χ0n) is 11.1. The first-order chi connectivity index (χ1) is 9.75. The average Bonchev–Trinajstić information content (AvgIpc) is 2.85. The predicted molar refractivity (Wildman–Crippen MR) is 76.9 cm³/mol. The molecule has 0 amide bonds.